The number of benzene rings is 1. The molecule has 0 radical (unpaired) electrons. The van der Waals surface area contributed by atoms with Gasteiger partial charge in [0.25, 0.3) is 0 Å². The Bertz CT molecular complexity index is 439. The molecule has 0 bridgehead atoms. The van der Waals surface area contributed by atoms with Crippen LogP contribution in [0.25, 0.3) is 0 Å². The number of hydrogen-bond donors (Lipinski definition) is 2. The van der Waals surface area contributed by atoms with Gasteiger partial charge in [0.2, 0.25) is 0 Å². The molecule has 0 heterocycles. The van der Waals surface area contributed by atoms with Crippen LogP contribution < -0.4 is 5.32 Å². The van der Waals surface area contributed by atoms with E-state index in [2.05, 4.69) is 36.5 Å². The predicted octanol–water partition coefficient (Wildman–Crippen LogP) is 5.74. The molecule has 1 aromatic carbocycles. The fourth-order valence-electron chi connectivity index (χ4n) is 2.52. The molecule has 0 spiro atoms. The summed E-state index contributed by atoms with van der Waals surface area (Å²) in [5, 5.41) is 3.31. The zero-order chi connectivity index (χ0) is 17.5. The number of nitrogens with one attached hydrogen (secondary N) is 1. The lowest BCUT2D eigenvalue weighted by Gasteiger charge is -2.06. The van der Waals surface area contributed by atoms with Crippen LogP contribution in [0.5, 0.6) is 0 Å². The first kappa shape index (κ1) is 21.6. The van der Waals surface area contributed by atoms with Crippen molar-refractivity contribution >= 4 is 19.8 Å². The summed E-state index contributed by atoms with van der Waals surface area (Å²) in [6, 6.07) is 8.75. The van der Waals surface area contributed by atoms with E-state index in [1.54, 1.807) is 0 Å². The fraction of sp³-hybridized carbons (Fsp3) is 0.684. The number of unbranched alkanes of at least 4 members (excludes halogenated alkanes) is 6. The van der Waals surface area contributed by atoms with Gasteiger partial charge in [-0.05, 0) is 41.0 Å². The summed E-state index contributed by atoms with van der Waals surface area (Å²) in [7, 11) is -1.98. The normalized spacial score (nSPS) is 11.7. The quantitative estimate of drug-likeness (QED) is 0.235. The molecule has 0 amide bonds. The Morgan fingerprint density at radius 3 is 2.33 bits per heavy atom. The van der Waals surface area contributed by atoms with Gasteiger partial charge in [0.15, 0.2) is 6.16 Å². The van der Waals surface area contributed by atoms with E-state index in [1.807, 2.05) is 11.8 Å². The van der Waals surface area contributed by atoms with Gasteiger partial charge in [0.05, 0.1) is 0 Å². The third-order valence-electron chi connectivity index (χ3n) is 3.97. The maximum absolute atomic E-state index is 10.6. The van der Waals surface area contributed by atoms with Crippen molar-refractivity contribution in [3.8, 4) is 0 Å². The predicted molar refractivity (Wildman–Crippen MR) is 106 cm³/mol. The van der Waals surface area contributed by atoms with Gasteiger partial charge in [-0.25, -0.2) is 0 Å². The minimum absolute atomic E-state index is 0.385. The summed E-state index contributed by atoms with van der Waals surface area (Å²) in [5.41, 5.74) is 1.27. The first-order valence-corrected chi connectivity index (χ1v) is 11.7. The van der Waals surface area contributed by atoms with Crippen LogP contribution in [0.2, 0.25) is 0 Å². The van der Waals surface area contributed by atoms with Crippen LogP contribution in [0, 0.1) is 0 Å². The highest BCUT2D eigenvalue weighted by molar-refractivity contribution is 7.99. The monoisotopic (exact) mass is 370 g/mol. The molecule has 0 aliphatic rings. The van der Waals surface area contributed by atoms with Gasteiger partial charge >= 0.3 is 8.03 Å². The SMILES string of the molecule is CCCCCCCCCSc1ccc(CNCCC[P+](=O)O)cc1. The van der Waals surface area contributed by atoms with E-state index in [1.165, 1.54) is 61.2 Å². The second-order valence-corrected chi connectivity index (χ2v) is 8.54. The zero-order valence-electron chi connectivity index (χ0n) is 15.0. The molecule has 0 saturated heterocycles. The van der Waals surface area contributed by atoms with Crippen LogP contribution in [0.1, 0.15) is 63.9 Å². The van der Waals surface area contributed by atoms with Crippen LogP contribution in [-0.4, -0.2) is 23.4 Å². The third kappa shape index (κ3) is 12.0. The van der Waals surface area contributed by atoms with Crippen LogP contribution in [0.3, 0.4) is 0 Å². The molecule has 1 atom stereocenters. The van der Waals surface area contributed by atoms with E-state index in [-0.39, 0.29) is 0 Å². The molecule has 1 rings (SSSR count). The van der Waals surface area contributed by atoms with Crippen molar-refractivity contribution < 1.29 is 9.46 Å². The summed E-state index contributed by atoms with van der Waals surface area (Å²) in [4.78, 5) is 10.1. The minimum atomic E-state index is -1.98. The summed E-state index contributed by atoms with van der Waals surface area (Å²) in [6.45, 7) is 3.88. The number of rotatable bonds is 15. The highest BCUT2D eigenvalue weighted by Crippen LogP contribution is 2.20. The Balaban J connectivity index is 2.04. The molecule has 136 valence electrons. The molecule has 2 N–H and O–H groups in total. The summed E-state index contributed by atoms with van der Waals surface area (Å²) in [6.07, 6.45) is 10.7. The van der Waals surface area contributed by atoms with Crippen molar-refractivity contribution in [3.63, 3.8) is 0 Å². The van der Waals surface area contributed by atoms with Gasteiger partial charge in [-0.2, -0.15) is 4.89 Å². The first-order chi connectivity index (χ1) is 11.7. The molecule has 1 unspecified atom stereocenters. The maximum Gasteiger partial charge on any atom is 0.505 e. The van der Waals surface area contributed by atoms with E-state index < -0.39 is 8.03 Å². The van der Waals surface area contributed by atoms with E-state index in [0.717, 1.165) is 19.5 Å². The largest absolute Gasteiger partial charge is 0.505 e. The van der Waals surface area contributed by atoms with Crippen LogP contribution in [0.4, 0.5) is 0 Å². The molecular formula is C19H33NO2PS+. The van der Waals surface area contributed by atoms with Crippen LogP contribution in [0.15, 0.2) is 29.2 Å². The van der Waals surface area contributed by atoms with E-state index in [9.17, 15) is 4.57 Å². The van der Waals surface area contributed by atoms with Crippen molar-refractivity contribution in [2.24, 2.45) is 0 Å². The molecule has 0 saturated carbocycles. The Kier molecular flexibility index (Phi) is 13.4. The second-order valence-electron chi connectivity index (χ2n) is 6.22. The zero-order valence-corrected chi connectivity index (χ0v) is 16.7. The van der Waals surface area contributed by atoms with Gasteiger partial charge in [-0.1, -0.05) is 57.6 Å². The molecule has 3 nitrogen and oxygen atoms in total. The fourth-order valence-corrected chi connectivity index (χ4v) is 3.87. The topological polar surface area (TPSA) is 49.3 Å². The molecule has 24 heavy (non-hydrogen) atoms. The lowest BCUT2D eigenvalue weighted by Crippen LogP contribution is -2.15. The van der Waals surface area contributed by atoms with Crippen molar-refractivity contribution in [1.82, 2.24) is 5.32 Å². The molecule has 0 aliphatic carbocycles. The van der Waals surface area contributed by atoms with Crippen molar-refractivity contribution in [2.75, 3.05) is 18.5 Å². The van der Waals surface area contributed by atoms with Gasteiger partial charge in [-0.3, -0.25) is 0 Å². The lowest BCUT2D eigenvalue weighted by atomic mass is 10.1. The number of hydrogen-bond acceptors (Lipinski definition) is 3. The maximum atomic E-state index is 10.6. The Morgan fingerprint density at radius 2 is 1.67 bits per heavy atom. The standard InChI is InChI=1S/C19H32NO2PS/c1-2-3-4-5-6-7-8-16-24-19-12-10-18(11-13-19)17-20-14-9-15-23(21)22/h10-13,20H,2-9,14-17H2,1H3/p+1. The van der Waals surface area contributed by atoms with Crippen molar-refractivity contribution in [3.05, 3.63) is 29.8 Å². The van der Waals surface area contributed by atoms with Crippen molar-refractivity contribution in [2.45, 2.75) is 69.7 Å². The lowest BCUT2D eigenvalue weighted by molar-refractivity contribution is 0.499. The Morgan fingerprint density at radius 1 is 1.00 bits per heavy atom. The average Bonchev–Trinajstić information content (AvgIpc) is 2.58. The third-order valence-corrected chi connectivity index (χ3v) is 5.77. The molecule has 0 aromatic heterocycles. The summed E-state index contributed by atoms with van der Waals surface area (Å²) in [5.74, 6) is 1.21. The Labute approximate surface area is 152 Å². The van der Waals surface area contributed by atoms with E-state index in [0.29, 0.717) is 6.16 Å². The van der Waals surface area contributed by atoms with E-state index in [4.69, 9.17) is 4.89 Å². The number of thioether (sulfide) groups is 1. The molecular weight excluding hydrogens is 337 g/mol. The second kappa shape index (κ2) is 14.9. The van der Waals surface area contributed by atoms with Crippen molar-refractivity contribution in [1.29, 1.82) is 0 Å². The van der Waals surface area contributed by atoms with Gasteiger partial charge in [0.1, 0.15) is 0 Å². The van der Waals surface area contributed by atoms with Crippen LogP contribution in [-0.2, 0) is 11.1 Å². The molecule has 1 aromatic rings. The molecule has 5 heteroatoms. The Hall–Kier alpha value is -0.410. The van der Waals surface area contributed by atoms with Gasteiger partial charge in [0, 0.05) is 17.9 Å². The highest BCUT2D eigenvalue weighted by atomic mass is 32.2. The highest BCUT2D eigenvalue weighted by Gasteiger charge is 2.07. The van der Waals surface area contributed by atoms with Gasteiger partial charge < -0.3 is 5.32 Å². The summed E-state index contributed by atoms with van der Waals surface area (Å²) < 4.78 is 10.6. The molecule has 0 aliphatic heterocycles. The van der Waals surface area contributed by atoms with Gasteiger partial charge in [-0.15, -0.1) is 11.8 Å². The minimum Gasteiger partial charge on any atom is -0.313 e. The van der Waals surface area contributed by atoms with Crippen LogP contribution >= 0.6 is 19.8 Å². The average molecular weight is 371 g/mol. The summed E-state index contributed by atoms with van der Waals surface area (Å²) >= 11 is 1.95. The molecule has 0 fully saturated rings. The van der Waals surface area contributed by atoms with E-state index >= 15 is 0 Å². The first-order valence-electron chi connectivity index (χ1n) is 9.28. The smallest absolute Gasteiger partial charge is 0.313 e.